The van der Waals surface area contributed by atoms with Crippen molar-refractivity contribution in [2.24, 2.45) is 5.92 Å². The third kappa shape index (κ3) is 8.17. The monoisotopic (exact) mass is 605 g/mol. The van der Waals surface area contributed by atoms with E-state index in [2.05, 4.69) is 35.3 Å². The van der Waals surface area contributed by atoms with E-state index in [1.54, 1.807) is 13.8 Å². The van der Waals surface area contributed by atoms with E-state index in [0.29, 0.717) is 11.2 Å². The van der Waals surface area contributed by atoms with Crippen LogP contribution in [0.25, 0.3) is 11.2 Å². The van der Waals surface area contributed by atoms with Crippen molar-refractivity contribution in [2.75, 3.05) is 17.3 Å². The molecule has 0 spiro atoms. The van der Waals surface area contributed by atoms with Crippen LogP contribution in [0, 0.1) is 5.92 Å². The van der Waals surface area contributed by atoms with Crippen LogP contribution in [0.2, 0.25) is 0 Å². The van der Waals surface area contributed by atoms with Crippen LogP contribution in [0.15, 0.2) is 35.3 Å². The number of halogens is 3. The number of carbonyl (C=O) groups is 5. The van der Waals surface area contributed by atoms with Crippen LogP contribution in [0.4, 0.5) is 24.8 Å². The molecule has 0 fully saturated rings. The van der Waals surface area contributed by atoms with E-state index in [4.69, 9.17) is 0 Å². The second-order valence-corrected chi connectivity index (χ2v) is 9.32. The number of nitrogens with zero attached hydrogens (tertiary/aromatic N) is 4. The Hall–Kier alpha value is -5.22. The van der Waals surface area contributed by atoms with Crippen LogP contribution in [0.1, 0.15) is 42.7 Å². The van der Waals surface area contributed by atoms with Gasteiger partial charge in [0.05, 0.1) is 25.5 Å². The second-order valence-electron chi connectivity index (χ2n) is 9.32. The molecule has 2 aromatic heterocycles. The van der Waals surface area contributed by atoms with Crippen molar-refractivity contribution < 1.29 is 41.9 Å². The molecule has 1 atom stereocenters. The molecule has 0 saturated carbocycles. The second kappa shape index (κ2) is 13.6. The van der Waals surface area contributed by atoms with E-state index < -0.39 is 53.9 Å². The number of carbonyl (C=O) groups excluding carboxylic acids is 5. The number of benzene rings is 1. The van der Waals surface area contributed by atoms with Gasteiger partial charge in [0.1, 0.15) is 12.3 Å². The summed E-state index contributed by atoms with van der Waals surface area (Å²) in [6.45, 7) is 2.47. The van der Waals surface area contributed by atoms with Crippen molar-refractivity contribution >= 4 is 52.8 Å². The maximum absolute atomic E-state index is 13.5. The smallest absolute Gasteiger partial charge is 0.467 e. The number of methoxy groups -OCH3 is 1. The minimum atomic E-state index is -5.30. The van der Waals surface area contributed by atoms with Crippen molar-refractivity contribution in [2.45, 2.75) is 45.5 Å². The molecule has 0 bridgehead atoms. The minimum absolute atomic E-state index is 0.0348. The fourth-order valence-electron chi connectivity index (χ4n) is 3.61. The van der Waals surface area contributed by atoms with E-state index in [1.165, 1.54) is 0 Å². The Morgan fingerprint density at radius 1 is 1.12 bits per heavy atom. The van der Waals surface area contributed by atoms with Crippen molar-refractivity contribution in [3.8, 4) is 0 Å². The lowest BCUT2D eigenvalue weighted by molar-refractivity contribution is -0.170. The highest BCUT2D eigenvalue weighted by molar-refractivity contribution is 5.99. The first kappa shape index (κ1) is 32.3. The summed E-state index contributed by atoms with van der Waals surface area (Å²) in [4.78, 5) is 86.6. The quantitative estimate of drug-likeness (QED) is 0.214. The summed E-state index contributed by atoms with van der Waals surface area (Å²) in [7, 11) is 1.10. The Morgan fingerprint density at radius 2 is 1.79 bits per heavy atom. The number of alkyl halides is 3. The Labute approximate surface area is 241 Å². The molecule has 0 saturated heterocycles. The van der Waals surface area contributed by atoms with Gasteiger partial charge in [0, 0.05) is 23.6 Å². The average Bonchev–Trinajstić information content (AvgIpc) is 2.96. The van der Waals surface area contributed by atoms with E-state index in [0.717, 1.165) is 37.6 Å². The van der Waals surface area contributed by atoms with Gasteiger partial charge in [0.15, 0.2) is 11.2 Å². The summed E-state index contributed by atoms with van der Waals surface area (Å²) in [5.41, 5.74) is -1.91. The molecule has 0 aliphatic carbocycles. The van der Waals surface area contributed by atoms with Gasteiger partial charge in [-0.3, -0.25) is 34.4 Å². The minimum Gasteiger partial charge on any atom is -0.467 e. The van der Waals surface area contributed by atoms with Crippen LogP contribution in [0.5, 0.6) is 0 Å². The predicted molar refractivity (Wildman–Crippen MR) is 144 cm³/mol. The molecule has 17 heteroatoms. The Balaban J connectivity index is 1.89. The largest absolute Gasteiger partial charge is 0.471 e. The van der Waals surface area contributed by atoms with Gasteiger partial charge in [-0.1, -0.05) is 13.8 Å². The third-order valence-electron chi connectivity index (χ3n) is 5.85. The lowest BCUT2D eigenvalue weighted by Gasteiger charge is -2.24. The normalized spacial score (nSPS) is 12.0. The third-order valence-corrected chi connectivity index (χ3v) is 5.85. The van der Waals surface area contributed by atoms with Gasteiger partial charge in [-0.05, 0) is 30.7 Å². The maximum atomic E-state index is 13.5. The Morgan fingerprint density at radius 3 is 2.37 bits per heavy atom. The van der Waals surface area contributed by atoms with E-state index in [1.807, 2.05) is 0 Å². The first-order valence-electron chi connectivity index (χ1n) is 12.6. The number of amides is 3. The molecule has 14 nitrogen and oxygen atoms in total. The van der Waals surface area contributed by atoms with Crippen LogP contribution in [0.3, 0.4) is 0 Å². The molecule has 1 aromatic carbocycles. The Kier molecular flexibility index (Phi) is 10.2. The summed E-state index contributed by atoms with van der Waals surface area (Å²) in [5, 5.41) is 4.78. The number of nitrogens with one attached hydrogen (secondary N) is 3. The number of H-pyrrole nitrogens is 1. The maximum Gasteiger partial charge on any atom is 0.471 e. The van der Waals surface area contributed by atoms with Crippen molar-refractivity contribution in [1.82, 2.24) is 25.3 Å². The zero-order valence-corrected chi connectivity index (χ0v) is 23.0. The molecular weight excluding hydrogens is 579 g/mol. The van der Waals surface area contributed by atoms with Crippen LogP contribution in [-0.2, 0) is 30.5 Å². The summed E-state index contributed by atoms with van der Waals surface area (Å²) in [6, 6.07) is 3.26. The molecule has 3 rings (SSSR count). The molecule has 3 aromatic rings. The summed E-state index contributed by atoms with van der Waals surface area (Å²) in [5.74, 6) is -4.88. The Bertz CT molecular complexity index is 1590. The van der Waals surface area contributed by atoms with Crippen molar-refractivity contribution in [1.29, 1.82) is 0 Å². The number of ether oxygens (including phenoxy) is 1. The van der Waals surface area contributed by atoms with Gasteiger partial charge in [-0.2, -0.15) is 18.2 Å². The molecule has 2 heterocycles. The van der Waals surface area contributed by atoms with E-state index >= 15 is 0 Å². The number of hydrogen-bond acceptors (Lipinski definition) is 10. The van der Waals surface area contributed by atoms with Crippen LogP contribution < -0.4 is 21.1 Å². The number of esters is 1. The van der Waals surface area contributed by atoms with Gasteiger partial charge in [0.2, 0.25) is 11.9 Å². The summed E-state index contributed by atoms with van der Waals surface area (Å²) >= 11 is 0. The first-order chi connectivity index (χ1) is 20.2. The van der Waals surface area contributed by atoms with Crippen molar-refractivity contribution in [3.63, 3.8) is 0 Å². The predicted octanol–water partition coefficient (Wildman–Crippen LogP) is 1.65. The molecule has 0 unspecified atom stereocenters. The fourth-order valence-corrected chi connectivity index (χ4v) is 3.61. The molecule has 228 valence electrons. The van der Waals surface area contributed by atoms with Gasteiger partial charge in [-0.25, -0.2) is 14.8 Å². The molecular formula is C26H26F3N7O7. The SMILES string of the molecule is COC(=O)[C@H](CCC=O)NC(=O)c1ccc(N(Cc2cnc3nc(NC(=O)C(C)C)[nH]c(=O)c3n2)C(=O)C(F)(F)F)cc1. The van der Waals surface area contributed by atoms with Gasteiger partial charge < -0.3 is 14.8 Å². The number of fused-ring (bicyclic) bond motifs is 1. The summed E-state index contributed by atoms with van der Waals surface area (Å²) < 4.78 is 45.1. The lowest BCUT2D eigenvalue weighted by atomic mass is 10.1. The van der Waals surface area contributed by atoms with Gasteiger partial charge in [-0.15, -0.1) is 0 Å². The fraction of sp³-hybridized carbons (Fsp3) is 0.346. The zero-order valence-electron chi connectivity index (χ0n) is 23.0. The molecule has 43 heavy (non-hydrogen) atoms. The highest BCUT2D eigenvalue weighted by Gasteiger charge is 2.43. The highest BCUT2D eigenvalue weighted by Crippen LogP contribution is 2.26. The topological polar surface area (TPSA) is 193 Å². The molecule has 3 N–H and O–H groups in total. The van der Waals surface area contributed by atoms with Crippen LogP contribution >= 0.6 is 0 Å². The van der Waals surface area contributed by atoms with E-state index in [9.17, 15) is 41.9 Å². The molecule has 0 aliphatic rings. The first-order valence-corrected chi connectivity index (χ1v) is 12.6. The highest BCUT2D eigenvalue weighted by atomic mass is 19.4. The molecule has 0 radical (unpaired) electrons. The summed E-state index contributed by atoms with van der Waals surface area (Å²) in [6.07, 6.45) is -3.79. The molecule has 0 aliphatic heterocycles. The number of rotatable bonds is 11. The zero-order chi connectivity index (χ0) is 31.9. The average molecular weight is 606 g/mol. The van der Waals surface area contributed by atoms with Crippen LogP contribution in [-0.4, -0.2) is 69.2 Å². The number of aldehydes is 1. The number of aromatic nitrogens is 4. The van der Waals surface area contributed by atoms with Gasteiger partial charge in [0.25, 0.3) is 11.5 Å². The number of anilines is 2. The molecule has 3 amide bonds. The van der Waals surface area contributed by atoms with Gasteiger partial charge >= 0.3 is 18.1 Å². The van der Waals surface area contributed by atoms with Crippen molar-refractivity contribution in [3.05, 3.63) is 52.1 Å². The lowest BCUT2D eigenvalue weighted by Crippen LogP contribution is -2.42. The number of hydrogen-bond donors (Lipinski definition) is 3. The standard InChI is InChI=1S/C26H26F3N7O7/c1-13(2)20(38)34-25-33-19-18(22(40)35-25)31-15(11-30-19)12-36(24(42)26(27,28)29)16-8-6-14(7-9-16)21(39)32-17(5-4-10-37)23(41)43-3/h6-11,13,17H,4-5,12H2,1-3H3,(H,32,39)(H2,30,33,34,35,38,40)/t17-/m0/s1. The van der Waals surface area contributed by atoms with E-state index in [-0.39, 0.29) is 46.9 Å². The number of aromatic amines is 1.